The lowest BCUT2D eigenvalue weighted by Crippen LogP contribution is -2.40. The Morgan fingerprint density at radius 1 is 1.00 bits per heavy atom. The molecule has 174 valence electrons. The molecule has 1 amide bonds. The molecule has 2 heterocycles. The standard InChI is InChI=1S/C21H22N4O7S/c1-29-16-4-3-5-17(30-2)18(16)20-23-24-21(32-20)22-19(26)14-6-8-15(9-7-14)33(27,28)25-10-12-31-13-11-25/h3-9H,10-13H2,1-2H3,(H,22,24,26). The Labute approximate surface area is 190 Å². The van der Waals surface area contributed by atoms with E-state index in [0.29, 0.717) is 43.4 Å². The summed E-state index contributed by atoms with van der Waals surface area (Å²) in [6.07, 6.45) is 0. The van der Waals surface area contributed by atoms with Gasteiger partial charge < -0.3 is 18.6 Å². The summed E-state index contributed by atoms with van der Waals surface area (Å²) in [4.78, 5) is 12.7. The summed E-state index contributed by atoms with van der Waals surface area (Å²) in [5.41, 5.74) is 0.679. The number of hydrogen-bond donors (Lipinski definition) is 1. The highest BCUT2D eigenvalue weighted by molar-refractivity contribution is 7.89. The van der Waals surface area contributed by atoms with Crippen LogP contribution in [0.5, 0.6) is 11.5 Å². The lowest BCUT2D eigenvalue weighted by atomic mass is 10.2. The van der Waals surface area contributed by atoms with Gasteiger partial charge in [0.2, 0.25) is 10.0 Å². The van der Waals surface area contributed by atoms with Crippen molar-refractivity contribution in [3.63, 3.8) is 0 Å². The number of carbonyl (C=O) groups excluding carboxylic acids is 1. The predicted octanol–water partition coefficient (Wildman–Crippen LogP) is 2.03. The van der Waals surface area contributed by atoms with Gasteiger partial charge in [0.15, 0.2) is 0 Å². The Morgan fingerprint density at radius 3 is 2.24 bits per heavy atom. The molecule has 1 saturated heterocycles. The zero-order valence-corrected chi connectivity index (χ0v) is 18.8. The molecule has 0 saturated carbocycles. The second-order valence-electron chi connectivity index (χ2n) is 6.94. The van der Waals surface area contributed by atoms with Crippen LogP contribution in [0.4, 0.5) is 6.01 Å². The van der Waals surface area contributed by atoms with Gasteiger partial charge in [-0.2, -0.15) is 4.31 Å². The molecule has 3 aromatic rings. The van der Waals surface area contributed by atoms with Crippen molar-refractivity contribution < 1.29 is 31.8 Å². The Morgan fingerprint density at radius 2 is 1.64 bits per heavy atom. The van der Waals surface area contributed by atoms with Crippen LogP contribution in [-0.2, 0) is 14.8 Å². The fourth-order valence-corrected chi connectivity index (χ4v) is 4.73. The number of rotatable bonds is 7. The van der Waals surface area contributed by atoms with E-state index in [4.69, 9.17) is 18.6 Å². The summed E-state index contributed by atoms with van der Waals surface area (Å²) in [7, 11) is -0.646. The topological polar surface area (TPSA) is 133 Å². The van der Waals surface area contributed by atoms with Crippen LogP contribution in [0.1, 0.15) is 10.4 Å². The molecule has 0 atom stereocenters. The molecule has 1 fully saturated rings. The first-order valence-electron chi connectivity index (χ1n) is 9.98. The van der Waals surface area contributed by atoms with Crippen molar-refractivity contribution in [1.29, 1.82) is 0 Å². The number of carbonyl (C=O) groups is 1. The summed E-state index contributed by atoms with van der Waals surface area (Å²) in [6.45, 7) is 1.29. The zero-order valence-electron chi connectivity index (χ0n) is 18.0. The Balaban J connectivity index is 1.49. The number of aromatic nitrogens is 2. The first kappa shape index (κ1) is 22.7. The average Bonchev–Trinajstić information content (AvgIpc) is 3.32. The summed E-state index contributed by atoms with van der Waals surface area (Å²) in [6, 6.07) is 10.7. The van der Waals surface area contributed by atoms with Gasteiger partial charge in [-0.05, 0) is 36.4 Å². The van der Waals surface area contributed by atoms with Crippen molar-refractivity contribution in [3.8, 4) is 23.0 Å². The first-order valence-corrected chi connectivity index (χ1v) is 11.4. The van der Waals surface area contributed by atoms with Crippen LogP contribution >= 0.6 is 0 Å². The van der Waals surface area contributed by atoms with Crippen LogP contribution in [0.15, 0.2) is 51.8 Å². The van der Waals surface area contributed by atoms with Crippen molar-refractivity contribution in [3.05, 3.63) is 48.0 Å². The van der Waals surface area contributed by atoms with Gasteiger partial charge in [0.25, 0.3) is 11.8 Å². The van der Waals surface area contributed by atoms with E-state index in [1.807, 2.05) is 0 Å². The van der Waals surface area contributed by atoms with E-state index in [1.54, 1.807) is 18.2 Å². The van der Waals surface area contributed by atoms with Crippen molar-refractivity contribution in [2.45, 2.75) is 4.90 Å². The number of nitrogens with zero attached hydrogens (tertiary/aromatic N) is 3. The smallest absolute Gasteiger partial charge is 0.322 e. The molecule has 0 unspecified atom stereocenters. The number of amides is 1. The van der Waals surface area contributed by atoms with E-state index in [2.05, 4.69) is 15.5 Å². The van der Waals surface area contributed by atoms with E-state index < -0.39 is 15.9 Å². The zero-order chi connectivity index (χ0) is 23.4. The summed E-state index contributed by atoms with van der Waals surface area (Å²) >= 11 is 0. The van der Waals surface area contributed by atoms with Crippen molar-refractivity contribution in [2.75, 3.05) is 45.8 Å². The van der Waals surface area contributed by atoms with Gasteiger partial charge in [0, 0.05) is 18.7 Å². The molecule has 1 aliphatic heterocycles. The fraction of sp³-hybridized carbons (Fsp3) is 0.286. The van der Waals surface area contributed by atoms with E-state index in [9.17, 15) is 13.2 Å². The van der Waals surface area contributed by atoms with Gasteiger partial charge in [0.1, 0.15) is 17.1 Å². The van der Waals surface area contributed by atoms with Crippen molar-refractivity contribution >= 4 is 21.9 Å². The molecular formula is C21H22N4O7S. The van der Waals surface area contributed by atoms with Crippen LogP contribution in [-0.4, -0.2) is 69.4 Å². The molecule has 1 aliphatic rings. The molecule has 11 nitrogen and oxygen atoms in total. The number of ether oxygens (including phenoxy) is 3. The van der Waals surface area contributed by atoms with Crippen LogP contribution < -0.4 is 14.8 Å². The van der Waals surface area contributed by atoms with Crippen molar-refractivity contribution in [1.82, 2.24) is 14.5 Å². The molecule has 33 heavy (non-hydrogen) atoms. The predicted molar refractivity (Wildman–Crippen MR) is 117 cm³/mol. The molecule has 0 aliphatic carbocycles. The number of anilines is 1. The molecule has 4 rings (SSSR count). The maximum absolute atomic E-state index is 12.7. The summed E-state index contributed by atoms with van der Waals surface area (Å²) in [5.74, 6) is 0.500. The second-order valence-corrected chi connectivity index (χ2v) is 8.88. The largest absolute Gasteiger partial charge is 0.496 e. The molecule has 12 heteroatoms. The van der Waals surface area contributed by atoms with Gasteiger partial charge in [-0.3, -0.25) is 10.1 Å². The minimum atomic E-state index is -3.65. The number of methoxy groups -OCH3 is 2. The first-order chi connectivity index (χ1) is 15.9. The van der Waals surface area contributed by atoms with E-state index in [0.717, 1.165) is 0 Å². The number of sulfonamides is 1. The lowest BCUT2D eigenvalue weighted by Gasteiger charge is -2.26. The molecule has 0 spiro atoms. The highest BCUT2D eigenvalue weighted by Crippen LogP contribution is 2.37. The lowest BCUT2D eigenvalue weighted by molar-refractivity contribution is 0.0730. The Hall–Kier alpha value is -3.48. The maximum atomic E-state index is 12.7. The van der Waals surface area contributed by atoms with Gasteiger partial charge in [-0.25, -0.2) is 8.42 Å². The monoisotopic (exact) mass is 474 g/mol. The normalized spacial score (nSPS) is 14.6. The van der Waals surface area contributed by atoms with Crippen LogP contribution in [0.3, 0.4) is 0 Å². The van der Waals surface area contributed by atoms with E-state index in [-0.39, 0.29) is 22.4 Å². The second kappa shape index (κ2) is 9.57. The average molecular weight is 474 g/mol. The summed E-state index contributed by atoms with van der Waals surface area (Å²) < 4.78 is 48.2. The highest BCUT2D eigenvalue weighted by Gasteiger charge is 2.26. The van der Waals surface area contributed by atoms with E-state index in [1.165, 1.54) is 42.8 Å². The molecule has 0 radical (unpaired) electrons. The Bertz CT molecular complexity index is 1210. The maximum Gasteiger partial charge on any atom is 0.322 e. The number of nitrogens with one attached hydrogen (secondary N) is 1. The third-order valence-corrected chi connectivity index (χ3v) is 6.92. The van der Waals surface area contributed by atoms with E-state index >= 15 is 0 Å². The van der Waals surface area contributed by atoms with Gasteiger partial charge in [-0.1, -0.05) is 11.2 Å². The SMILES string of the molecule is COc1cccc(OC)c1-c1nnc(NC(=O)c2ccc(S(=O)(=O)N3CCOCC3)cc2)o1. The molecule has 0 bridgehead atoms. The summed E-state index contributed by atoms with van der Waals surface area (Å²) in [5, 5.41) is 10.3. The number of morpholine rings is 1. The molecule has 1 N–H and O–H groups in total. The number of hydrogen-bond acceptors (Lipinski definition) is 9. The van der Waals surface area contributed by atoms with Gasteiger partial charge in [0.05, 0.1) is 32.3 Å². The van der Waals surface area contributed by atoms with Crippen LogP contribution in [0.25, 0.3) is 11.5 Å². The third kappa shape index (κ3) is 4.67. The fourth-order valence-electron chi connectivity index (χ4n) is 3.32. The Kier molecular flexibility index (Phi) is 6.58. The van der Waals surface area contributed by atoms with Crippen LogP contribution in [0, 0.1) is 0 Å². The van der Waals surface area contributed by atoms with Crippen LogP contribution in [0.2, 0.25) is 0 Å². The quantitative estimate of drug-likeness (QED) is 0.546. The minimum absolute atomic E-state index is 0.101. The molecular weight excluding hydrogens is 452 g/mol. The molecule has 1 aromatic heterocycles. The number of benzene rings is 2. The van der Waals surface area contributed by atoms with Gasteiger partial charge >= 0.3 is 6.01 Å². The molecule has 2 aromatic carbocycles. The minimum Gasteiger partial charge on any atom is -0.496 e. The highest BCUT2D eigenvalue weighted by atomic mass is 32.2. The third-order valence-electron chi connectivity index (χ3n) is 5.01. The van der Waals surface area contributed by atoms with Gasteiger partial charge in [-0.15, -0.1) is 5.10 Å². The van der Waals surface area contributed by atoms with Crippen molar-refractivity contribution in [2.24, 2.45) is 0 Å².